The van der Waals surface area contributed by atoms with Crippen molar-refractivity contribution in [3.8, 4) is 22.5 Å². The summed E-state index contributed by atoms with van der Waals surface area (Å²) in [7, 11) is 1.56. The van der Waals surface area contributed by atoms with Crippen molar-refractivity contribution >= 4 is 28.0 Å². The molecule has 0 aliphatic carbocycles. The van der Waals surface area contributed by atoms with Gasteiger partial charge in [0.05, 0.1) is 29.3 Å². The van der Waals surface area contributed by atoms with Crippen molar-refractivity contribution in [2.45, 2.75) is 6.18 Å². The van der Waals surface area contributed by atoms with E-state index in [1.807, 2.05) is 34.9 Å². The Labute approximate surface area is 178 Å². The molecule has 2 aromatic heterocycles. The van der Waals surface area contributed by atoms with Gasteiger partial charge < -0.3 is 5.32 Å². The van der Waals surface area contributed by atoms with Gasteiger partial charge in [0.1, 0.15) is 0 Å². The largest absolute Gasteiger partial charge is 0.416 e. The van der Waals surface area contributed by atoms with Gasteiger partial charge in [-0.3, -0.25) is 14.2 Å². The van der Waals surface area contributed by atoms with E-state index < -0.39 is 11.7 Å². The lowest BCUT2D eigenvalue weighted by Crippen LogP contribution is -2.04. The molecule has 0 radical (unpaired) electrons. The maximum absolute atomic E-state index is 12.8. The number of amides is 1. The molecule has 0 bridgehead atoms. The second-order valence-electron chi connectivity index (χ2n) is 6.14. The summed E-state index contributed by atoms with van der Waals surface area (Å²) in [5, 5.41) is 2.25. The second kappa shape index (κ2) is 9.08. The third kappa shape index (κ3) is 4.85. The maximum Gasteiger partial charge on any atom is 0.416 e. The average Bonchev–Trinajstić information content (AvgIpc) is 3.16. The van der Waals surface area contributed by atoms with E-state index in [9.17, 15) is 13.2 Å². The number of fused-ring (bicyclic) bond motifs is 1. The molecular weight excluding hydrogens is 461 g/mol. The van der Waals surface area contributed by atoms with Gasteiger partial charge in [-0.05, 0) is 24.3 Å². The number of imidazole rings is 1. The number of hydrogen-bond donors (Lipinski definition) is 1. The van der Waals surface area contributed by atoms with Crippen LogP contribution in [-0.4, -0.2) is 27.8 Å². The van der Waals surface area contributed by atoms with Crippen molar-refractivity contribution in [1.82, 2.24) is 19.7 Å². The van der Waals surface area contributed by atoms with Crippen LogP contribution in [0.3, 0.4) is 0 Å². The number of hydrogen-bond acceptors (Lipinski definition) is 3. The van der Waals surface area contributed by atoms with Crippen molar-refractivity contribution in [3.05, 3.63) is 77.2 Å². The molecule has 0 fully saturated rings. The number of carbonyl (C=O) groups is 1. The predicted octanol–water partition coefficient (Wildman–Crippen LogP) is 5.21. The topological polar surface area (TPSA) is 59.3 Å². The molecule has 0 saturated heterocycles. The van der Waals surface area contributed by atoms with Crippen molar-refractivity contribution in [2.24, 2.45) is 0 Å². The lowest BCUT2D eigenvalue weighted by atomic mass is 10.1. The number of halogens is 4. The van der Waals surface area contributed by atoms with Crippen LogP contribution in [0.1, 0.15) is 5.56 Å². The normalized spacial score (nSPS) is 11.0. The quantitative estimate of drug-likeness (QED) is 0.413. The molecular formula is C21H16BrF3N4O. The molecule has 9 heteroatoms. The van der Waals surface area contributed by atoms with Crippen LogP contribution in [0.4, 0.5) is 13.2 Å². The third-order valence-electron chi connectivity index (χ3n) is 4.14. The van der Waals surface area contributed by atoms with Gasteiger partial charge in [-0.15, -0.1) is 0 Å². The Kier molecular flexibility index (Phi) is 6.51. The first kappa shape index (κ1) is 21.5. The van der Waals surface area contributed by atoms with E-state index in [2.05, 4.69) is 31.2 Å². The van der Waals surface area contributed by atoms with E-state index >= 15 is 0 Å². The minimum atomic E-state index is -4.35. The molecule has 0 spiro atoms. The van der Waals surface area contributed by atoms with Crippen LogP contribution in [-0.2, 0) is 11.0 Å². The Bertz CT molecular complexity index is 1160. The highest BCUT2D eigenvalue weighted by Crippen LogP contribution is 2.31. The van der Waals surface area contributed by atoms with E-state index in [1.54, 1.807) is 19.4 Å². The van der Waals surface area contributed by atoms with Crippen molar-refractivity contribution < 1.29 is 18.0 Å². The van der Waals surface area contributed by atoms with Crippen LogP contribution >= 0.6 is 15.9 Å². The summed E-state index contributed by atoms with van der Waals surface area (Å²) in [5.41, 5.74) is 2.97. The van der Waals surface area contributed by atoms with Gasteiger partial charge in [0.25, 0.3) is 0 Å². The summed E-state index contributed by atoms with van der Waals surface area (Å²) in [4.78, 5) is 17.8. The lowest BCUT2D eigenvalue weighted by Gasteiger charge is -2.08. The monoisotopic (exact) mass is 476 g/mol. The zero-order chi connectivity index (χ0) is 21.7. The second-order valence-corrected chi connectivity index (χ2v) is 7.05. The highest BCUT2D eigenvalue weighted by Gasteiger charge is 2.30. The summed E-state index contributed by atoms with van der Waals surface area (Å²) in [5.74, 6) is 0. The summed E-state index contributed by atoms with van der Waals surface area (Å²) < 4.78 is 41.0. The molecule has 0 saturated carbocycles. The summed E-state index contributed by atoms with van der Waals surface area (Å²) >= 11 is 3.44. The minimum absolute atomic E-state index is 0.624. The number of rotatable bonds is 3. The van der Waals surface area contributed by atoms with Gasteiger partial charge >= 0.3 is 6.18 Å². The van der Waals surface area contributed by atoms with Crippen LogP contribution in [0, 0.1) is 0 Å². The number of benzene rings is 2. The van der Waals surface area contributed by atoms with Gasteiger partial charge in [0, 0.05) is 28.8 Å². The Balaban J connectivity index is 0.000000589. The number of carbonyl (C=O) groups excluding carboxylic acids is 1. The van der Waals surface area contributed by atoms with Crippen molar-refractivity contribution in [1.29, 1.82) is 0 Å². The fourth-order valence-corrected chi connectivity index (χ4v) is 3.13. The SMILES string of the molecule is CNC=O.FC(F)(F)c1ccc(-c2cnc3cnc(-c4cccc(Br)c4)cn23)cc1. The highest BCUT2D eigenvalue weighted by molar-refractivity contribution is 9.10. The molecule has 154 valence electrons. The Hall–Kier alpha value is -3.20. The first-order valence-electron chi connectivity index (χ1n) is 8.71. The molecule has 0 aliphatic heterocycles. The lowest BCUT2D eigenvalue weighted by molar-refractivity contribution is -0.137. The molecule has 2 heterocycles. The summed E-state index contributed by atoms with van der Waals surface area (Å²) in [6.45, 7) is 0. The molecule has 5 nitrogen and oxygen atoms in total. The zero-order valence-corrected chi connectivity index (χ0v) is 17.3. The number of alkyl halides is 3. The molecule has 0 atom stereocenters. The molecule has 2 aromatic carbocycles. The van der Waals surface area contributed by atoms with Gasteiger partial charge in [0.2, 0.25) is 6.41 Å². The van der Waals surface area contributed by atoms with Crippen LogP contribution in [0.25, 0.3) is 28.2 Å². The number of nitrogens with zero attached hydrogens (tertiary/aromatic N) is 3. The van der Waals surface area contributed by atoms with Crippen molar-refractivity contribution in [2.75, 3.05) is 7.05 Å². The van der Waals surface area contributed by atoms with Crippen LogP contribution in [0.2, 0.25) is 0 Å². The van der Waals surface area contributed by atoms with Gasteiger partial charge in [-0.2, -0.15) is 13.2 Å². The predicted molar refractivity (Wildman–Crippen MR) is 112 cm³/mol. The van der Waals surface area contributed by atoms with Gasteiger partial charge in [-0.1, -0.05) is 40.2 Å². The third-order valence-corrected chi connectivity index (χ3v) is 4.64. The number of aromatic nitrogens is 3. The maximum atomic E-state index is 12.8. The fraction of sp³-hybridized carbons (Fsp3) is 0.0952. The molecule has 1 N–H and O–H groups in total. The fourth-order valence-electron chi connectivity index (χ4n) is 2.73. The number of nitrogens with one attached hydrogen (secondary N) is 1. The van der Waals surface area contributed by atoms with E-state index in [1.165, 1.54) is 12.1 Å². The van der Waals surface area contributed by atoms with Crippen LogP contribution in [0.5, 0.6) is 0 Å². The Morgan fingerprint density at radius 1 is 1.03 bits per heavy atom. The van der Waals surface area contributed by atoms with Crippen LogP contribution in [0.15, 0.2) is 71.6 Å². The van der Waals surface area contributed by atoms with Gasteiger partial charge in [-0.25, -0.2) is 4.98 Å². The van der Waals surface area contributed by atoms with E-state index in [0.717, 1.165) is 27.9 Å². The molecule has 30 heavy (non-hydrogen) atoms. The van der Waals surface area contributed by atoms with E-state index in [4.69, 9.17) is 4.79 Å². The highest BCUT2D eigenvalue weighted by atomic mass is 79.9. The van der Waals surface area contributed by atoms with Crippen molar-refractivity contribution in [3.63, 3.8) is 0 Å². The minimum Gasteiger partial charge on any atom is -0.362 e. The summed E-state index contributed by atoms with van der Waals surface area (Å²) in [6.07, 6.45) is 1.38. The summed E-state index contributed by atoms with van der Waals surface area (Å²) in [6, 6.07) is 12.8. The molecule has 1 amide bonds. The molecule has 4 aromatic rings. The van der Waals surface area contributed by atoms with Crippen LogP contribution < -0.4 is 5.32 Å². The molecule has 0 aliphatic rings. The average molecular weight is 477 g/mol. The molecule has 4 rings (SSSR count). The first-order valence-corrected chi connectivity index (χ1v) is 9.50. The standard InChI is InChI=1S/C19H11BrF3N3.C2H5NO/c20-15-3-1-2-13(8-15)16-11-26-17(9-25-18(26)10-24-16)12-4-6-14(7-5-12)19(21,22)23;1-3-2-4/h1-11H;2H,1H3,(H,3,4). The van der Waals surface area contributed by atoms with E-state index in [0.29, 0.717) is 23.3 Å². The smallest absolute Gasteiger partial charge is 0.362 e. The molecule has 0 unspecified atom stereocenters. The Morgan fingerprint density at radius 2 is 1.73 bits per heavy atom. The zero-order valence-electron chi connectivity index (χ0n) is 15.7. The van der Waals surface area contributed by atoms with Gasteiger partial charge in [0.15, 0.2) is 5.65 Å². The Morgan fingerprint density at radius 3 is 2.33 bits per heavy atom. The first-order chi connectivity index (χ1) is 14.3. The van der Waals surface area contributed by atoms with E-state index in [-0.39, 0.29) is 0 Å².